The van der Waals surface area contributed by atoms with E-state index in [0.29, 0.717) is 11.5 Å². The fourth-order valence-corrected chi connectivity index (χ4v) is 5.18. The molecule has 1 N–H and O–H groups in total. The van der Waals surface area contributed by atoms with Crippen molar-refractivity contribution in [2.45, 2.75) is 62.8 Å². The fraction of sp³-hybridized carbons (Fsp3) is 0.667. The maximum atomic E-state index is 13.2. The predicted octanol–water partition coefficient (Wildman–Crippen LogP) is 3.24. The zero-order valence-electron chi connectivity index (χ0n) is 17.3. The van der Waals surface area contributed by atoms with E-state index in [-0.39, 0.29) is 16.8 Å². The number of benzene rings is 1. The van der Waals surface area contributed by atoms with Gasteiger partial charge in [0.25, 0.3) is 5.91 Å². The number of hydrogen-bond acceptors (Lipinski definition) is 4. The predicted molar refractivity (Wildman–Crippen MR) is 112 cm³/mol. The van der Waals surface area contributed by atoms with Gasteiger partial charge in [0.1, 0.15) is 0 Å². The van der Waals surface area contributed by atoms with Crippen molar-refractivity contribution < 1.29 is 13.2 Å². The van der Waals surface area contributed by atoms with E-state index in [0.717, 1.165) is 50.9 Å². The zero-order valence-corrected chi connectivity index (χ0v) is 18.1. The summed E-state index contributed by atoms with van der Waals surface area (Å²) in [4.78, 5) is 15.6. The number of rotatable bonds is 5. The summed E-state index contributed by atoms with van der Waals surface area (Å²) in [6, 6.07) is 5.15. The SMILES string of the molecule is C[C@@H]1CCCC[C@@H]1NC(=O)c1cc(S(=O)(=O)N(C)C)ccc1N1CCCCC1. The van der Waals surface area contributed by atoms with Crippen LogP contribution in [0.25, 0.3) is 0 Å². The van der Waals surface area contributed by atoms with Gasteiger partial charge >= 0.3 is 0 Å². The molecule has 1 saturated carbocycles. The first-order valence-corrected chi connectivity index (χ1v) is 11.9. The Morgan fingerprint density at radius 1 is 1.07 bits per heavy atom. The highest BCUT2D eigenvalue weighted by Gasteiger charge is 2.27. The molecular formula is C21H33N3O3S. The molecule has 1 amide bonds. The van der Waals surface area contributed by atoms with Crippen LogP contribution in [0, 0.1) is 5.92 Å². The third kappa shape index (κ3) is 4.51. The molecule has 6 nitrogen and oxygen atoms in total. The van der Waals surface area contributed by atoms with Crippen molar-refractivity contribution in [3.8, 4) is 0 Å². The van der Waals surface area contributed by atoms with Gasteiger partial charge in [-0.3, -0.25) is 4.79 Å². The van der Waals surface area contributed by atoms with Crippen molar-refractivity contribution in [3.63, 3.8) is 0 Å². The monoisotopic (exact) mass is 407 g/mol. The molecular weight excluding hydrogens is 374 g/mol. The van der Waals surface area contributed by atoms with E-state index in [2.05, 4.69) is 17.1 Å². The standard InChI is InChI=1S/C21H33N3O3S/c1-16-9-5-6-10-19(16)22-21(25)18-15-17(28(26,27)23(2)3)11-12-20(18)24-13-7-4-8-14-24/h11-12,15-16,19H,4-10,13-14H2,1-3H3,(H,22,25)/t16-,19+/m1/s1. The van der Waals surface area contributed by atoms with Crippen LogP contribution in [0.4, 0.5) is 5.69 Å². The Bertz CT molecular complexity index is 801. The summed E-state index contributed by atoms with van der Waals surface area (Å²) in [7, 11) is -0.567. The van der Waals surface area contributed by atoms with Gasteiger partial charge < -0.3 is 10.2 Å². The number of piperidine rings is 1. The van der Waals surface area contributed by atoms with Crippen LogP contribution in [0.3, 0.4) is 0 Å². The number of carbonyl (C=O) groups excluding carboxylic acids is 1. The van der Waals surface area contributed by atoms with Crippen molar-refractivity contribution in [2.75, 3.05) is 32.1 Å². The second-order valence-electron chi connectivity index (χ2n) is 8.36. The molecule has 0 unspecified atom stereocenters. The molecule has 1 heterocycles. The molecule has 1 saturated heterocycles. The van der Waals surface area contributed by atoms with Gasteiger partial charge in [-0.25, -0.2) is 12.7 Å². The van der Waals surface area contributed by atoms with E-state index in [4.69, 9.17) is 0 Å². The Morgan fingerprint density at radius 3 is 2.39 bits per heavy atom. The van der Waals surface area contributed by atoms with Gasteiger partial charge in [-0.1, -0.05) is 19.8 Å². The highest BCUT2D eigenvalue weighted by atomic mass is 32.2. The molecule has 1 aliphatic carbocycles. The molecule has 0 bridgehead atoms. The molecule has 1 aliphatic heterocycles. The zero-order chi connectivity index (χ0) is 20.3. The van der Waals surface area contributed by atoms with Crippen LogP contribution in [0.15, 0.2) is 23.1 Å². The maximum Gasteiger partial charge on any atom is 0.253 e. The van der Waals surface area contributed by atoms with Crippen LogP contribution >= 0.6 is 0 Å². The molecule has 2 fully saturated rings. The Balaban J connectivity index is 1.95. The lowest BCUT2D eigenvalue weighted by Gasteiger charge is -2.32. The second kappa shape index (κ2) is 8.82. The Labute approximate surface area is 169 Å². The molecule has 0 radical (unpaired) electrons. The number of anilines is 1. The number of nitrogens with one attached hydrogen (secondary N) is 1. The van der Waals surface area contributed by atoms with Gasteiger partial charge in [-0.2, -0.15) is 0 Å². The lowest BCUT2D eigenvalue weighted by atomic mass is 9.86. The Morgan fingerprint density at radius 2 is 1.75 bits per heavy atom. The average Bonchev–Trinajstić information content (AvgIpc) is 2.69. The van der Waals surface area contributed by atoms with Gasteiger partial charge in [-0.05, 0) is 56.2 Å². The van der Waals surface area contributed by atoms with Gasteiger partial charge in [0, 0.05) is 38.9 Å². The van der Waals surface area contributed by atoms with Crippen LogP contribution in [0.1, 0.15) is 62.2 Å². The summed E-state index contributed by atoms with van der Waals surface area (Å²) in [5.41, 5.74) is 1.32. The molecule has 1 aromatic rings. The molecule has 0 spiro atoms. The first kappa shape index (κ1) is 21.1. The van der Waals surface area contributed by atoms with Gasteiger partial charge in [-0.15, -0.1) is 0 Å². The van der Waals surface area contributed by atoms with Crippen LogP contribution < -0.4 is 10.2 Å². The minimum Gasteiger partial charge on any atom is -0.371 e. The summed E-state index contributed by atoms with van der Waals surface area (Å²) in [5, 5.41) is 3.20. The third-order valence-corrected chi connectivity index (χ3v) is 7.93. The average molecular weight is 408 g/mol. The smallest absolute Gasteiger partial charge is 0.253 e. The van der Waals surface area contributed by atoms with E-state index >= 15 is 0 Å². The number of nitrogens with zero attached hydrogens (tertiary/aromatic N) is 2. The quantitative estimate of drug-likeness (QED) is 0.814. The molecule has 2 atom stereocenters. The normalized spacial score (nSPS) is 23.6. The van der Waals surface area contributed by atoms with Crippen LogP contribution in [0.2, 0.25) is 0 Å². The van der Waals surface area contributed by atoms with E-state index in [1.54, 1.807) is 18.2 Å². The number of carbonyl (C=O) groups is 1. The van der Waals surface area contributed by atoms with E-state index in [1.807, 2.05) is 0 Å². The summed E-state index contributed by atoms with van der Waals surface area (Å²) >= 11 is 0. The van der Waals surface area contributed by atoms with Crippen LogP contribution in [0.5, 0.6) is 0 Å². The molecule has 28 heavy (non-hydrogen) atoms. The summed E-state index contributed by atoms with van der Waals surface area (Å²) in [6.07, 6.45) is 7.84. The Kier molecular flexibility index (Phi) is 6.65. The first-order valence-electron chi connectivity index (χ1n) is 10.4. The molecule has 156 valence electrons. The van der Waals surface area contributed by atoms with Crippen LogP contribution in [-0.2, 0) is 10.0 Å². The molecule has 1 aromatic carbocycles. The van der Waals surface area contributed by atoms with E-state index in [9.17, 15) is 13.2 Å². The molecule has 0 aromatic heterocycles. The topological polar surface area (TPSA) is 69.7 Å². The van der Waals surface area contributed by atoms with E-state index < -0.39 is 10.0 Å². The highest BCUT2D eigenvalue weighted by Crippen LogP contribution is 2.29. The van der Waals surface area contributed by atoms with Crippen molar-refractivity contribution in [1.29, 1.82) is 0 Å². The second-order valence-corrected chi connectivity index (χ2v) is 10.5. The van der Waals surface area contributed by atoms with E-state index in [1.165, 1.54) is 31.2 Å². The fourth-order valence-electron chi connectivity index (χ4n) is 4.26. The van der Waals surface area contributed by atoms with Gasteiger partial charge in [0.05, 0.1) is 10.5 Å². The number of amides is 1. The van der Waals surface area contributed by atoms with Crippen LogP contribution in [-0.4, -0.2) is 51.9 Å². The summed E-state index contributed by atoms with van der Waals surface area (Å²) < 4.78 is 26.4. The number of sulfonamides is 1. The molecule has 3 rings (SSSR count). The van der Waals surface area contributed by atoms with Crippen molar-refractivity contribution in [2.24, 2.45) is 5.92 Å². The lowest BCUT2D eigenvalue weighted by molar-refractivity contribution is 0.0910. The highest BCUT2D eigenvalue weighted by molar-refractivity contribution is 7.89. The summed E-state index contributed by atoms with van der Waals surface area (Å²) in [5.74, 6) is 0.292. The van der Waals surface area contributed by atoms with Crippen molar-refractivity contribution in [3.05, 3.63) is 23.8 Å². The van der Waals surface area contributed by atoms with Gasteiger partial charge in [0.15, 0.2) is 0 Å². The Hall–Kier alpha value is -1.60. The minimum absolute atomic E-state index is 0.157. The largest absolute Gasteiger partial charge is 0.371 e. The summed E-state index contributed by atoms with van der Waals surface area (Å²) in [6.45, 7) is 3.99. The van der Waals surface area contributed by atoms with Crippen molar-refractivity contribution in [1.82, 2.24) is 9.62 Å². The van der Waals surface area contributed by atoms with Crippen molar-refractivity contribution >= 4 is 21.6 Å². The maximum absolute atomic E-state index is 13.2. The lowest BCUT2D eigenvalue weighted by Crippen LogP contribution is -2.42. The third-order valence-electron chi connectivity index (χ3n) is 6.12. The minimum atomic E-state index is -3.59. The number of hydrogen-bond donors (Lipinski definition) is 1. The van der Waals surface area contributed by atoms with Gasteiger partial charge in [0.2, 0.25) is 10.0 Å². The molecule has 7 heteroatoms. The first-order chi connectivity index (χ1) is 13.3. The molecule has 2 aliphatic rings.